The van der Waals surface area contributed by atoms with Gasteiger partial charge in [0.25, 0.3) is 0 Å². The predicted molar refractivity (Wildman–Crippen MR) is 67.2 cm³/mol. The lowest BCUT2D eigenvalue weighted by atomic mass is 9.85. The Bertz CT molecular complexity index is 413. The topological polar surface area (TPSA) is 41.5 Å². The SMILES string of the molecule is O=C(N/N=C/c1cccc(Br)c1)C1CCC1. The number of amides is 1. The molecule has 1 saturated carbocycles. The average Bonchev–Trinajstić information content (AvgIpc) is 2.15. The Balaban J connectivity index is 1.87. The zero-order valence-corrected chi connectivity index (χ0v) is 10.4. The van der Waals surface area contributed by atoms with Crippen molar-refractivity contribution in [3.63, 3.8) is 0 Å². The quantitative estimate of drug-likeness (QED) is 0.671. The molecule has 0 radical (unpaired) electrons. The number of carbonyl (C=O) groups is 1. The van der Waals surface area contributed by atoms with E-state index in [9.17, 15) is 4.79 Å². The lowest BCUT2D eigenvalue weighted by Gasteiger charge is -2.22. The molecule has 0 bridgehead atoms. The van der Waals surface area contributed by atoms with E-state index in [1.165, 1.54) is 0 Å². The Morgan fingerprint density at radius 3 is 2.94 bits per heavy atom. The minimum Gasteiger partial charge on any atom is -0.273 e. The molecular weight excluding hydrogens is 268 g/mol. The van der Waals surface area contributed by atoms with Crippen LogP contribution in [-0.2, 0) is 4.79 Å². The van der Waals surface area contributed by atoms with E-state index >= 15 is 0 Å². The molecule has 2 rings (SSSR count). The van der Waals surface area contributed by atoms with E-state index in [1.807, 2.05) is 24.3 Å². The largest absolute Gasteiger partial charge is 0.273 e. The first-order valence-electron chi connectivity index (χ1n) is 5.34. The third-order valence-electron chi connectivity index (χ3n) is 2.71. The van der Waals surface area contributed by atoms with Gasteiger partial charge in [0.1, 0.15) is 0 Å². The minimum absolute atomic E-state index is 0.0393. The van der Waals surface area contributed by atoms with Crippen LogP contribution < -0.4 is 5.43 Å². The summed E-state index contributed by atoms with van der Waals surface area (Å²) in [5.74, 6) is 0.220. The maximum Gasteiger partial charge on any atom is 0.243 e. The Morgan fingerprint density at radius 1 is 1.50 bits per heavy atom. The molecule has 84 valence electrons. The van der Waals surface area contributed by atoms with Gasteiger partial charge in [-0.1, -0.05) is 34.5 Å². The molecule has 1 aliphatic rings. The fraction of sp³-hybridized carbons (Fsp3) is 0.333. The van der Waals surface area contributed by atoms with Gasteiger partial charge < -0.3 is 0 Å². The van der Waals surface area contributed by atoms with Crippen LogP contribution in [0.1, 0.15) is 24.8 Å². The maximum absolute atomic E-state index is 11.4. The molecule has 3 nitrogen and oxygen atoms in total. The van der Waals surface area contributed by atoms with E-state index in [0.29, 0.717) is 0 Å². The Kier molecular flexibility index (Phi) is 3.72. The molecule has 1 amide bonds. The number of nitrogens with zero attached hydrogens (tertiary/aromatic N) is 1. The van der Waals surface area contributed by atoms with Crippen molar-refractivity contribution in [1.82, 2.24) is 5.43 Å². The molecule has 1 fully saturated rings. The van der Waals surface area contributed by atoms with Crippen LogP contribution >= 0.6 is 15.9 Å². The van der Waals surface area contributed by atoms with Crippen LogP contribution in [0.3, 0.4) is 0 Å². The first-order chi connectivity index (χ1) is 7.75. The van der Waals surface area contributed by atoms with Gasteiger partial charge in [-0.05, 0) is 30.5 Å². The van der Waals surface area contributed by atoms with Gasteiger partial charge in [-0.25, -0.2) is 5.43 Å². The molecule has 4 heteroatoms. The van der Waals surface area contributed by atoms with E-state index < -0.39 is 0 Å². The van der Waals surface area contributed by atoms with Gasteiger partial charge in [-0.15, -0.1) is 0 Å². The normalized spacial score (nSPS) is 16.1. The molecule has 0 aliphatic heterocycles. The van der Waals surface area contributed by atoms with Crippen molar-refractivity contribution in [3.8, 4) is 0 Å². The number of hydrogen-bond donors (Lipinski definition) is 1. The van der Waals surface area contributed by atoms with Crippen molar-refractivity contribution in [2.75, 3.05) is 0 Å². The highest BCUT2D eigenvalue weighted by atomic mass is 79.9. The highest BCUT2D eigenvalue weighted by molar-refractivity contribution is 9.10. The van der Waals surface area contributed by atoms with Gasteiger partial charge in [-0.2, -0.15) is 5.10 Å². The summed E-state index contributed by atoms with van der Waals surface area (Å²) in [6.07, 6.45) is 4.81. The zero-order chi connectivity index (χ0) is 11.4. The number of hydrazone groups is 1. The monoisotopic (exact) mass is 280 g/mol. The van der Waals surface area contributed by atoms with E-state index in [-0.39, 0.29) is 11.8 Å². The van der Waals surface area contributed by atoms with Crippen molar-refractivity contribution >= 4 is 28.1 Å². The number of nitrogens with one attached hydrogen (secondary N) is 1. The van der Waals surface area contributed by atoms with Crippen molar-refractivity contribution in [2.45, 2.75) is 19.3 Å². The van der Waals surface area contributed by atoms with Gasteiger partial charge in [0.05, 0.1) is 6.21 Å². The second-order valence-corrected chi connectivity index (χ2v) is 4.83. The fourth-order valence-corrected chi connectivity index (χ4v) is 1.94. The van der Waals surface area contributed by atoms with E-state index in [4.69, 9.17) is 0 Å². The summed E-state index contributed by atoms with van der Waals surface area (Å²) >= 11 is 3.38. The molecule has 16 heavy (non-hydrogen) atoms. The van der Waals surface area contributed by atoms with Gasteiger partial charge in [-0.3, -0.25) is 4.79 Å². The lowest BCUT2D eigenvalue weighted by Crippen LogP contribution is -2.31. The summed E-state index contributed by atoms with van der Waals surface area (Å²) in [7, 11) is 0. The molecule has 0 atom stereocenters. The molecule has 1 aliphatic carbocycles. The van der Waals surface area contributed by atoms with Crippen LogP contribution in [0.5, 0.6) is 0 Å². The molecule has 1 N–H and O–H groups in total. The van der Waals surface area contributed by atoms with Crippen molar-refractivity contribution in [3.05, 3.63) is 34.3 Å². The Morgan fingerprint density at radius 2 is 2.31 bits per heavy atom. The van der Waals surface area contributed by atoms with E-state index in [0.717, 1.165) is 29.3 Å². The van der Waals surface area contributed by atoms with Gasteiger partial charge >= 0.3 is 0 Å². The van der Waals surface area contributed by atoms with Crippen LogP contribution in [0.15, 0.2) is 33.8 Å². The number of benzene rings is 1. The van der Waals surface area contributed by atoms with E-state index in [1.54, 1.807) is 6.21 Å². The third-order valence-corrected chi connectivity index (χ3v) is 3.21. The number of halogens is 1. The molecule has 0 unspecified atom stereocenters. The Hall–Kier alpha value is -1.16. The standard InChI is InChI=1S/C12H13BrN2O/c13-11-6-1-3-9(7-11)8-14-15-12(16)10-4-2-5-10/h1,3,6-8,10H,2,4-5H2,(H,15,16)/b14-8+. The van der Waals surface area contributed by atoms with Crippen LogP contribution in [0.25, 0.3) is 0 Å². The summed E-state index contributed by atoms with van der Waals surface area (Å²) < 4.78 is 1.00. The summed E-state index contributed by atoms with van der Waals surface area (Å²) in [5, 5.41) is 3.94. The molecule has 0 saturated heterocycles. The first-order valence-corrected chi connectivity index (χ1v) is 6.13. The smallest absolute Gasteiger partial charge is 0.243 e. The highest BCUT2D eigenvalue weighted by Crippen LogP contribution is 2.26. The first kappa shape index (κ1) is 11.3. The van der Waals surface area contributed by atoms with E-state index in [2.05, 4.69) is 26.5 Å². The summed E-state index contributed by atoms with van der Waals surface area (Å²) in [6, 6.07) is 7.76. The molecule has 0 aromatic heterocycles. The van der Waals surface area contributed by atoms with Crippen molar-refractivity contribution in [2.24, 2.45) is 11.0 Å². The molecule has 0 spiro atoms. The van der Waals surface area contributed by atoms with Crippen molar-refractivity contribution in [1.29, 1.82) is 0 Å². The fourth-order valence-electron chi connectivity index (χ4n) is 1.52. The summed E-state index contributed by atoms with van der Waals surface area (Å²) in [6.45, 7) is 0. The maximum atomic E-state index is 11.4. The van der Waals surface area contributed by atoms with Crippen molar-refractivity contribution < 1.29 is 4.79 Å². The second-order valence-electron chi connectivity index (χ2n) is 3.92. The predicted octanol–water partition coefficient (Wildman–Crippen LogP) is 2.70. The minimum atomic E-state index is 0.0393. The van der Waals surface area contributed by atoms with Crippen LogP contribution in [0, 0.1) is 5.92 Å². The zero-order valence-electron chi connectivity index (χ0n) is 8.82. The average molecular weight is 281 g/mol. The number of rotatable bonds is 3. The van der Waals surface area contributed by atoms with Gasteiger partial charge in [0, 0.05) is 10.4 Å². The third kappa shape index (κ3) is 2.92. The molecule has 0 heterocycles. The van der Waals surface area contributed by atoms with Crippen LogP contribution in [0.2, 0.25) is 0 Å². The number of hydrogen-bond acceptors (Lipinski definition) is 2. The number of carbonyl (C=O) groups excluding carboxylic acids is 1. The summed E-state index contributed by atoms with van der Waals surface area (Å²) in [5.41, 5.74) is 3.53. The second kappa shape index (κ2) is 5.25. The molecule has 1 aromatic rings. The Labute approximate surface area is 103 Å². The highest BCUT2D eigenvalue weighted by Gasteiger charge is 2.24. The molecule has 1 aromatic carbocycles. The van der Waals surface area contributed by atoms with Gasteiger partial charge in [0.15, 0.2) is 0 Å². The summed E-state index contributed by atoms with van der Waals surface area (Å²) in [4.78, 5) is 11.4. The van der Waals surface area contributed by atoms with Gasteiger partial charge in [0.2, 0.25) is 5.91 Å². The van der Waals surface area contributed by atoms with Crippen LogP contribution in [-0.4, -0.2) is 12.1 Å². The molecular formula is C12H13BrN2O. The lowest BCUT2D eigenvalue weighted by molar-refractivity contribution is -0.127. The van der Waals surface area contributed by atoms with Crippen LogP contribution in [0.4, 0.5) is 0 Å².